The van der Waals surface area contributed by atoms with E-state index in [0.29, 0.717) is 12.2 Å². The first-order valence-corrected chi connectivity index (χ1v) is 9.48. The number of fused-ring (bicyclic) bond motifs is 3. The van der Waals surface area contributed by atoms with Gasteiger partial charge < -0.3 is 9.30 Å². The van der Waals surface area contributed by atoms with Gasteiger partial charge in [0.05, 0.1) is 37.5 Å². The maximum Gasteiger partial charge on any atom is 0.339 e. The van der Waals surface area contributed by atoms with E-state index >= 15 is 0 Å². The van der Waals surface area contributed by atoms with E-state index in [0.717, 1.165) is 9.75 Å². The van der Waals surface area contributed by atoms with Gasteiger partial charge in [-0.25, -0.2) is 4.79 Å². The summed E-state index contributed by atoms with van der Waals surface area (Å²) in [6.45, 7) is 2.23. The minimum Gasteiger partial charge on any atom is -0.462 e. The van der Waals surface area contributed by atoms with Crippen LogP contribution in [0.3, 0.4) is 0 Å². The molecule has 0 aliphatic rings. The van der Waals surface area contributed by atoms with Crippen LogP contribution in [0.2, 0.25) is 0 Å². The zero-order valence-electron chi connectivity index (χ0n) is 12.1. The molecule has 0 spiro atoms. The number of carbonyl (C=O) groups is 1. The molecule has 0 aromatic carbocycles. The zero-order chi connectivity index (χ0) is 15.3. The van der Waals surface area contributed by atoms with E-state index in [1.807, 2.05) is 18.4 Å². The molecule has 0 unspecified atom stereocenters. The molecule has 6 heteroatoms. The van der Waals surface area contributed by atoms with Crippen molar-refractivity contribution in [3.05, 3.63) is 34.5 Å². The Morgan fingerprint density at radius 3 is 2.82 bits per heavy atom. The molecule has 4 aromatic heterocycles. The topological polar surface area (TPSA) is 31.2 Å². The largest absolute Gasteiger partial charge is 0.462 e. The molecule has 0 N–H and O–H groups in total. The van der Waals surface area contributed by atoms with E-state index in [1.165, 1.54) is 20.4 Å². The molecule has 0 fully saturated rings. The summed E-state index contributed by atoms with van der Waals surface area (Å²) in [7, 11) is 2.09. The summed E-state index contributed by atoms with van der Waals surface area (Å²) in [6.07, 6.45) is 0. The fourth-order valence-electron chi connectivity index (χ4n) is 2.64. The zero-order valence-corrected chi connectivity index (χ0v) is 14.5. The second-order valence-corrected chi connectivity index (χ2v) is 7.79. The highest BCUT2D eigenvalue weighted by Gasteiger charge is 2.19. The average Bonchev–Trinajstić information content (AvgIpc) is 3.24. The Morgan fingerprint density at radius 1 is 1.18 bits per heavy atom. The van der Waals surface area contributed by atoms with Crippen molar-refractivity contribution in [2.75, 3.05) is 6.61 Å². The number of hydrogen-bond donors (Lipinski definition) is 0. The van der Waals surface area contributed by atoms with Crippen molar-refractivity contribution >= 4 is 60.4 Å². The number of esters is 1. The van der Waals surface area contributed by atoms with Gasteiger partial charge in [0.1, 0.15) is 0 Å². The van der Waals surface area contributed by atoms with Crippen molar-refractivity contribution in [2.24, 2.45) is 7.05 Å². The third-order valence-electron chi connectivity index (χ3n) is 3.67. The van der Waals surface area contributed by atoms with Gasteiger partial charge in [-0.15, -0.1) is 34.0 Å². The van der Waals surface area contributed by atoms with E-state index in [9.17, 15) is 4.79 Å². The van der Waals surface area contributed by atoms with Gasteiger partial charge in [0.15, 0.2) is 0 Å². The first-order valence-electron chi connectivity index (χ1n) is 6.91. The Bertz CT molecular complexity index is 986. The standard InChI is InChI=1S/C16H13NO2S3/c1-3-19-16(18)9-4-6-20-13(9)12-8-11-15(22-12)14-10(17(11)2)5-7-21-14/h4-8H,3H2,1-2H3. The van der Waals surface area contributed by atoms with E-state index < -0.39 is 0 Å². The summed E-state index contributed by atoms with van der Waals surface area (Å²) < 4.78 is 9.99. The molecule has 0 atom stereocenters. The maximum absolute atomic E-state index is 12.1. The van der Waals surface area contributed by atoms with Crippen LogP contribution < -0.4 is 0 Å². The Morgan fingerprint density at radius 2 is 2.00 bits per heavy atom. The molecule has 0 amide bonds. The van der Waals surface area contributed by atoms with Crippen LogP contribution in [-0.4, -0.2) is 17.1 Å². The van der Waals surface area contributed by atoms with Gasteiger partial charge in [-0.05, 0) is 35.9 Å². The molecule has 112 valence electrons. The normalized spacial score (nSPS) is 11.5. The van der Waals surface area contributed by atoms with Gasteiger partial charge >= 0.3 is 5.97 Å². The quantitative estimate of drug-likeness (QED) is 0.467. The van der Waals surface area contributed by atoms with Crippen molar-refractivity contribution < 1.29 is 9.53 Å². The van der Waals surface area contributed by atoms with Crippen LogP contribution in [0.1, 0.15) is 17.3 Å². The van der Waals surface area contributed by atoms with E-state index in [1.54, 1.807) is 34.0 Å². The number of nitrogens with zero attached hydrogens (tertiary/aromatic N) is 1. The first-order chi connectivity index (χ1) is 10.7. The molecule has 4 heterocycles. The van der Waals surface area contributed by atoms with E-state index in [2.05, 4.69) is 29.1 Å². The van der Waals surface area contributed by atoms with Crippen LogP contribution in [0, 0.1) is 0 Å². The summed E-state index contributed by atoms with van der Waals surface area (Å²) in [6, 6.07) is 6.19. The van der Waals surface area contributed by atoms with Gasteiger partial charge in [0, 0.05) is 11.9 Å². The van der Waals surface area contributed by atoms with Gasteiger partial charge in [-0.2, -0.15) is 0 Å². The SMILES string of the molecule is CCOC(=O)c1ccsc1-c1cc2c(s1)c1sccc1n2C. The maximum atomic E-state index is 12.1. The van der Waals surface area contributed by atoms with E-state index in [4.69, 9.17) is 4.74 Å². The molecule has 4 aromatic rings. The summed E-state index contributed by atoms with van der Waals surface area (Å²) in [5.74, 6) is -0.238. The highest BCUT2D eigenvalue weighted by Crippen LogP contribution is 2.43. The van der Waals surface area contributed by atoms with Crippen molar-refractivity contribution in [3.63, 3.8) is 0 Å². The first kappa shape index (κ1) is 14.0. The minimum atomic E-state index is -0.238. The molecule has 4 rings (SSSR count). The Kier molecular flexibility index (Phi) is 3.32. The second kappa shape index (κ2) is 5.22. The molecule has 0 saturated heterocycles. The molecule has 22 heavy (non-hydrogen) atoms. The molecule has 0 radical (unpaired) electrons. The van der Waals surface area contributed by atoms with Gasteiger partial charge in [-0.1, -0.05) is 0 Å². The lowest BCUT2D eigenvalue weighted by Gasteiger charge is -2.01. The molecule has 3 nitrogen and oxygen atoms in total. The van der Waals surface area contributed by atoms with Crippen molar-refractivity contribution in [1.82, 2.24) is 4.57 Å². The average molecular weight is 347 g/mol. The molecule has 0 aliphatic heterocycles. The number of aryl methyl sites for hydroxylation is 1. The van der Waals surface area contributed by atoms with Crippen LogP contribution >= 0.6 is 34.0 Å². The van der Waals surface area contributed by atoms with Crippen LogP contribution in [0.5, 0.6) is 0 Å². The molecule has 0 aliphatic carbocycles. The predicted molar refractivity (Wildman–Crippen MR) is 95.4 cm³/mol. The number of aromatic nitrogens is 1. The lowest BCUT2D eigenvalue weighted by Crippen LogP contribution is -2.03. The van der Waals surface area contributed by atoms with Crippen LogP contribution in [0.4, 0.5) is 0 Å². The van der Waals surface area contributed by atoms with Crippen LogP contribution in [0.15, 0.2) is 29.0 Å². The summed E-state index contributed by atoms with van der Waals surface area (Å²) in [5, 5.41) is 4.07. The smallest absolute Gasteiger partial charge is 0.339 e. The van der Waals surface area contributed by atoms with Crippen molar-refractivity contribution in [1.29, 1.82) is 0 Å². The molecule has 0 bridgehead atoms. The van der Waals surface area contributed by atoms with Gasteiger partial charge in [-0.3, -0.25) is 0 Å². The monoisotopic (exact) mass is 347 g/mol. The number of hydrogen-bond acceptors (Lipinski definition) is 5. The van der Waals surface area contributed by atoms with Crippen molar-refractivity contribution in [3.8, 4) is 9.75 Å². The number of thiophene rings is 3. The molecule has 0 saturated carbocycles. The van der Waals surface area contributed by atoms with Crippen molar-refractivity contribution in [2.45, 2.75) is 6.92 Å². The fraction of sp³-hybridized carbons (Fsp3) is 0.188. The summed E-state index contributed by atoms with van der Waals surface area (Å²) >= 11 is 5.11. The number of rotatable bonds is 3. The lowest BCUT2D eigenvalue weighted by molar-refractivity contribution is 0.0528. The Balaban J connectivity index is 1.88. The highest BCUT2D eigenvalue weighted by atomic mass is 32.1. The minimum absolute atomic E-state index is 0.238. The van der Waals surface area contributed by atoms with Crippen LogP contribution in [0.25, 0.3) is 30.2 Å². The fourth-order valence-corrected chi connectivity index (χ4v) is 5.93. The Labute approximate surface area is 139 Å². The summed E-state index contributed by atoms with van der Waals surface area (Å²) in [4.78, 5) is 14.2. The van der Waals surface area contributed by atoms with Gasteiger partial charge in [0.25, 0.3) is 0 Å². The predicted octanol–water partition coefficient (Wildman–Crippen LogP) is 5.36. The van der Waals surface area contributed by atoms with Crippen LogP contribution in [-0.2, 0) is 11.8 Å². The highest BCUT2D eigenvalue weighted by molar-refractivity contribution is 7.30. The third kappa shape index (κ3) is 1.95. The third-order valence-corrected chi connectivity index (χ3v) is 6.96. The molecular weight excluding hydrogens is 334 g/mol. The number of ether oxygens (including phenoxy) is 1. The second-order valence-electron chi connectivity index (χ2n) is 4.90. The molecular formula is C16H13NO2S3. The number of carbonyl (C=O) groups excluding carboxylic acids is 1. The van der Waals surface area contributed by atoms with E-state index in [-0.39, 0.29) is 5.97 Å². The summed E-state index contributed by atoms with van der Waals surface area (Å²) in [5.41, 5.74) is 3.17. The van der Waals surface area contributed by atoms with Gasteiger partial charge in [0.2, 0.25) is 0 Å². The lowest BCUT2D eigenvalue weighted by atomic mass is 10.2. The Hall–Kier alpha value is -1.63.